The summed E-state index contributed by atoms with van der Waals surface area (Å²) in [5.74, 6) is 0.935. The van der Waals surface area contributed by atoms with Crippen molar-refractivity contribution in [3.63, 3.8) is 0 Å². The Morgan fingerprint density at radius 3 is 2.67 bits per heavy atom. The molecule has 8 heteroatoms. The molecule has 1 aromatic rings. The average Bonchev–Trinajstić information content (AvgIpc) is 3.31. The summed E-state index contributed by atoms with van der Waals surface area (Å²) in [6.45, 7) is 6.85. The number of nitrogens with zero attached hydrogens (tertiary/aromatic N) is 5. The van der Waals surface area contributed by atoms with Crippen LogP contribution >= 0.6 is 0 Å². The van der Waals surface area contributed by atoms with Gasteiger partial charge in [-0.25, -0.2) is 4.98 Å². The fourth-order valence-corrected chi connectivity index (χ4v) is 2.44. The zero-order valence-electron chi connectivity index (χ0n) is 12.2. The van der Waals surface area contributed by atoms with Gasteiger partial charge in [-0.2, -0.15) is 4.98 Å². The molecule has 1 aliphatic carbocycles. The monoisotopic (exact) mass is 292 g/mol. The first-order valence-corrected chi connectivity index (χ1v) is 7.42. The number of hydrogen-bond donors (Lipinski definition) is 1. The lowest BCUT2D eigenvalue weighted by Crippen LogP contribution is -2.46. The maximum absolute atomic E-state index is 11.1. The van der Waals surface area contributed by atoms with Gasteiger partial charge in [0.05, 0.1) is 4.92 Å². The van der Waals surface area contributed by atoms with E-state index in [2.05, 4.69) is 32.0 Å². The lowest BCUT2D eigenvalue weighted by molar-refractivity contribution is -0.384. The molecule has 2 aliphatic rings. The normalized spacial score (nSPS) is 19.6. The molecule has 1 aromatic heterocycles. The van der Waals surface area contributed by atoms with Crippen LogP contribution in [0.4, 0.5) is 17.5 Å². The first-order valence-electron chi connectivity index (χ1n) is 7.42. The minimum Gasteiger partial charge on any atom is -0.361 e. The second kappa shape index (κ2) is 5.80. The molecule has 0 aromatic carbocycles. The van der Waals surface area contributed by atoms with Crippen LogP contribution in [-0.4, -0.2) is 58.6 Å². The summed E-state index contributed by atoms with van der Waals surface area (Å²) in [4.78, 5) is 23.7. The van der Waals surface area contributed by atoms with Gasteiger partial charge in [-0.15, -0.1) is 0 Å². The molecule has 0 amide bonds. The van der Waals surface area contributed by atoms with Gasteiger partial charge in [0.25, 0.3) is 0 Å². The van der Waals surface area contributed by atoms with E-state index in [9.17, 15) is 10.1 Å². The van der Waals surface area contributed by atoms with E-state index in [0.29, 0.717) is 17.8 Å². The molecule has 0 unspecified atom stereocenters. The lowest BCUT2D eigenvalue weighted by Gasteiger charge is -2.34. The largest absolute Gasteiger partial charge is 0.361 e. The molecule has 21 heavy (non-hydrogen) atoms. The summed E-state index contributed by atoms with van der Waals surface area (Å²) in [5.41, 5.74) is -0.0437. The molecule has 2 fully saturated rings. The molecule has 1 N–H and O–H groups in total. The first-order chi connectivity index (χ1) is 10.2. The summed E-state index contributed by atoms with van der Waals surface area (Å²) < 4.78 is 0. The van der Waals surface area contributed by atoms with E-state index < -0.39 is 4.92 Å². The molecule has 0 radical (unpaired) electrons. The Hall–Kier alpha value is -1.96. The molecule has 8 nitrogen and oxygen atoms in total. The Bertz CT molecular complexity index is 525. The third kappa shape index (κ3) is 3.21. The van der Waals surface area contributed by atoms with E-state index >= 15 is 0 Å². The fraction of sp³-hybridized carbons (Fsp3) is 0.692. The Balaban J connectivity index is 1.77. The van der Waals surface area contributed by atoms with Crippen molar-refractivity contribution in [3.8, 4) is 0 Å². The van der Waals surface area contributed by atoms with Crippen LogP contribution in [0.5, 0.6) is 0 Å². The van der Waals surface area contributed by atoms with E-state index in [4.69, 9.17) is 0 Å². The molecule has 1 saturated carbocycles. The second-order valence-electron chi connectivity index (χ2n) is 5.50. The van der Waals surface area contributed by atoms with Crippen molar-refractivity contribution < 1.29 is 4.92 Å². The van der Waals surface area contributed by atoms with Crippen LogP contribution in [0.2, 0.25) is 0 Å². The number of aromatic nitrogens is 2. The number of hydrogen-bond acceptors (Lipinski definition) is 7. The zero-order valence-corrected chi connectivity index (χ0v) is 12.2. The van der Waals surface area contributed by atoms with Crippen molar-refractivity contribution in [2.24, 2.45) is 0 Å². The second-order valence-corrected chi connectivity index (χ2v) is 5.50. The zero-order chi connectivity index (χ0) is 14.8. The number of nitro groups is 1. The molecule has 0 bridgehead atoms. The fourth-order valence-electron chi connectivity index (χ4n) is 2.44. The summed E-state index contributed by atoms with van der Waals surface area (Å²) in [5, 5.41) is 14.2. The van der Waals surface area contributed by atoms with E-state index in [1.165, 1.54) is 6.20 Å². The van der Waals surface area contributed by atoms with E-state index in [1.807, 2.05) is 0 Å². The minimum absolute atomic E-state index is 0.0437. The van der Waals surface area contributed by atoms with Crippen molar-refractivity contribution in [3.05, 3.63) is 16.3 Å². The maximum atomic E-state index is 11.1. The van der Waals surface area contributed by atoms with Crippen LogP contribution in [0, 0.1) is 10.1 Å². The summed E-state index contributed by atoms with van der Waals surface area (Å²) in [6, 6.07) is 0.323. The molecule has 1 aliphatic heterocycles. The topological polar surface area (TPSA) is 87.4 Å². The highest BCUT2D eigenvalue weighted by Gasteiger charge is 2.27. The SMILES string of the molecule is CCN1CCN(c2ncc([N+](=O)[O-])c(NC3CC3)n2)CC1. The van der Waals surface area contributed by atoms with Crippen molar-refractivity contribution >= 4 is 17.5 Å². The standard InChI is InChI=1S/C13H20N6O2/c1-2-17-5-7-18(8-6-17)13-14-9-11(19(20)21)12(16-13)15-10-3-4-10/h9-10H,2-8H2,1H3,(H,14,15,16). The van der Waals surface area contributed by atoms with Crippen LogP contribution in [0.1, 0.15) is 19.8 Å². The molecule has 3 rings (SSSR count). The van der Waals surface area contributed by atoms with Crippen molar-refractivity contribution in [1.29, 1.82) is 0 Å². The van der Waals surface area contributed by atoms with E-state index in [1.54, 1.807) is 0 Å². The van der Waals surface area contributed by atoms with Gasteiger partial charge in [-0.3, -0.25) is 10.1 Å². The minimum atomic E-state index is -0.427. The molecule has 1 saturated heterocycles. The van der Waals surface area contributed by atoms with E-state index in [0.717, 1.165) is 45.6 Å². The number of anilines is 2. The van der Waals surface area contributed by atoms with Gasteiger partial charge in [0.15, 0.2) is 0 Å². The molecule has 2 heterocycles. The highest BCUT2D eigenvalue weighted by Crippen LogP contribution is 2.30. The van der Waals surface area contributed by atoms with Gasteiger partial charge in [-0.05, 0) is 19.4 Å². The number of piperazine rings is 1. The Morgan fingerprint density at radius 1 is 1.38 bits per heavy atom. The van der Waals surface area contributed by atoms with Gasteiger partial charge < -0.3 is 15.1 Å². The predicted octanol–water partition coefficient (Wildman–Crippen LogP) is 1.10. The highest BCUT2D eigenvalue weighted by molar-refractivity contribution is 5.58. The van der Waals surface area contributed by atoms with Crippen LogP contribution in [0.3, 0.4) is 0 Å². The van der Waals surface area contributed by atoms with Gasteiger partial charge in [0.1, 0.15) is 6.20 Å². The average molecular weight is 292 g/mol. The van der Waals surface area contributed by atoms with E-state index in [-0.39, 0.29) is 5.69 Å². The first kappa shape index (κ1) is 14.0. The Morgan fingerprint density at radius 2 is 2.10 bits per heavy atom. The third-order valence-electron chi connectivity index (χ3n) is 3.97. The molecule has 0 atom stereocenters. The number of rotatable bonds is 5. The summed E-state index contributed by atoms with van der Waals surface area (Å²) in [7, 11) is 0. The maximum Gasteiger partial charge on any atom is 0.329 e. The lowest BCUT2D eigenvalue weighted by atomic mass is 10.3. The summed E-state index contributed by atoms with van der Waals surface area (Å²) in [6.07, 6.45) is 3.41. The summed E-state index contributed by atoms with van der Waals surface area (Å²) >= 11 is 0. The van der Waals surface area contributed by atoms with Gasteiger partial charge in [0.2, 0.25) is 11.8 Å². The Kier molecular flexibility index (Phi) is 3.87. The van der Waals surface area contributed by atoms with Crippen LogP contribution in [0.25, 0.3) is 0 Å². The molecular weight excluding hydrogens is 272 g/mol. The van der Waals surface area contributed by atoms with Crippen LogP contribution in [-0.2, 0) is 0 Å². The van der Waals surface area contributed by atoms with Gasteiger partial charge in [0, 0.05) is 32.2 Å². The highest BCUT2D eigenvalue weighted by atomic mass is 16.6. The molecule has 114 valence electrons. The smallest absolute Gasteiger partial charge is 0.329 e. The van der Waals surface area contributed by atoms with Crippen molar-refractivity contribution in [1.82, 2.24) is 14.9 Å². The number of nitrogens with one attached hydrogen (secondary N) is 1. The predicted molar refractivity (Wildman–Crippen MR) is 79.7 cm³/mol. The van der Waals surface area contributed by atoms with Crippen LogP contribution < -0.4 is 10.2 Å². The van der Waals surface area contributed by atoms with Gasteiger partial charge in [-0.1, -0.05) is 6.92 Å². The van der Waals surface area contributed by atoms with Crippen LogP contribution in [0.15, 0.2) is 6.20 Å². The van der Waals surface area contributed by atoms with Crippen molar-refractivity contribution in [2.75, 3.05) is 42.9 Å². The molecule has 0 spiro atoms. The van der Waals surface area contributed by atoms with Crippen molar-refractivity contribution in [2.45, 2.75) is 25.8 Å². The molecular formula is C13H20N6O2. The quantitative estimate of drug-likeness (QED) is 0.642. The van der Waals surface area contributed by atoms with Gasteiger partial charge >= 0.3 is 5.69 Å². The number of likely N-dealkylation sites (N-methyl/N-ethyl adjacent to an activating group) is 1. The Labute approximate surface area is 123 Å². The third-order valence-corrected chi connectivity index (χ3v) is 3.97.